The zero-order valence-electron chi connectivity index (χ0n) is 12.6. The maximum Gasteiger partial charge on any atom is 0.0832 e. The van der Waals surface area contributed by atoms with Crippen LogP contribution in [-0.2, 0) is 6.54 Å². The van der Waals surface area contributed by atoms with Crippen molar-refractivity contribution in [3.8, 4) is 5.69 Å². The lowest BCUT2D eigenvalue weighted by Crippen LogP contribution is -2.18. The molecular weight excluding hydrogens is 282 g/mol. The first-order valence-electron chi connectivity index (χ1n) is 7.68. The molecule has 112 valence electrons. The number of hydrogen-bond donors (Lipinski definition) is 1. The summed E-state index contributed by atoms with van der Waals surface area (Å²) in [6.07, 6.45) is 4.54. The van der Waals surface area contributed by atoms with Gasteiger partial charge in [0.25, 0.3) is 0 Å². The maximum atomic E-state index is 6.42. The molecule has 0 spiro atoms. The van der Waals surface area contributed by atoms with Crippen molar-refractivity contribution in [1.82, 2.24) is 15.1 Å². The SMILES string of the molecule is CC(C)CNCc1ccc(-n2ccc(C3CC3)n2)c(Cl)c1. The first-order valence-corrected chi connectivity index (χ1v) is 8.06. The number of hydrogen-bond acceptors (Lipinski definition) is 2. The highest BCUT2D eigenvalue weighted by atomic mass is 35.5. The minimum Gasteiger partial charge on any atom is -0.312 e. The molecule has 1 aromatic heterocycles. The van der Waals surface area contributed by atoms with Crippen LogP contribution in [0, 0.1) is 5.92 Å². The van der Waals surface area contributed by atoms with Crippen LogP contribution in [0.15, 0.2) is 30.5 Å². The van der Waals surface area contributed by atoms with E-state index in [0.717, 1.165) is 23.8 Å². The van der Waals surface area contributed by atoms with Crippen LogP contribution >= 0.6 is 11.6 Å². The molecule has 1 aliphatic carbocycles. The van der Waals surface area contributed by atoms with E-state index in [1.165, 1.54) is 24.1 Å². The third kappa shape index (κ3) is 3.66. The van der Waals surface area contributed by atoms with Crippen molar-refractivity contribution in [3.63, 3.8) is 0 Å². The second-order valence-electron chi connectivity index (χ2n) is 6.27. The third-order valence-corrected chi connectivity index (χ3v) is 4.05. The van der Waals surface area contributed by atoms with Crippen LogP contribution in [-0.4, -0.2) is 16.3 Å². The summed E-state index contributed by atoms with van der Waals surface area (Å²) in [5.41, 5.74) is 3.35. The normalized spacial score (nSPS) is 14.9. The third-order valence-electron chi connectivity index (χ3n) is 3.75. The van der Waals surface area contributed by atoms with Crippen molar-refractivity contribution >= 4 is 11.6 Å². The molecule has 0 amide bonds. The molecule has 1 saturated carbocycles. The number of nitrogens with one attached hydrogen (secondary N) is 1. The molecule has 1 aliphatic rings. The summed E-state index contributed by atoms with van der Waals surface area (Å²) >= 11 is 6.42. The van der Waals surface area contributed by atoms with Crippen molar-refractivity contribution in [3.05, 3.63) is 46.7 Å². The van der Waals surface area contributed by atoms with Crippen LogP contribution in [0.1, 0.15) is 43.9 Å². The zero-order chi connectivity index (χ0) is 14.8. The smallest absolute Gasteiger partial charge is 0.0832 e. The Bertz CT molecular complexity index is 614. The highest BCUT2D eigenvalue weighted by Crippen LogP contribution is 2.39. The molecule has 0 aliphatic heterocycles. The highest BCUT2D eigenvalue weighted by molar-refractivity contribution is 6.32. The summed E-state index contributed by atoms with van der Waals surface area (Å²) in [5.74, 6) is 1.33. The molecule has 1 N–H and O–H groups in total. The van der Waals surface area contributed by atoms with Crippen molar-refractivity contribution in [1.29, 1.82) is 0 Å². The fourth-order valence-corrected chi connectivity index (χ4v) is 2.71. The number of nitrogens with zero attached hydrogens (tertiary/aromatic N) is 2. The Morgan fingerprint density at radius 1 is 1.33 bits per heavy atom. The molecule has 2 aromatic rings. The molecule has 3 nitrogen and oxygen atoms in total. The molecule has 1 aromatic carbocycles. The summed E-state index contributed by atoms with van der Waals surface area (Å²) in [6, 6.07) is 8.31. The van der Waals surface area contributed by atoms with E-state index in [1.54, 1.807) is 0 Å². The number of halogens is 1. The first-order chi connectivity index (χ1) is 10.1. The van der Waals surface area contributed by atoms with Gasteiger partial charge in [-0.15, -0.1) is 0 Å². The number of aromatic nitrogens is 2. The van der Waals surface area contributed by atoms with Gasteiger partial charge in [-0.2, -0.15) is 5.10 Å². The van der Waals surface area contributed by atoms with E-state index < -0.39 is 0 Å². The van der Waals surface area contributed by atoms with Crippen LogP contribution in [0.25, 0.3) is 5.69 Å². The maximum absolute atomic E-state index is 6.42. The van der Waals surface area contributed by atoms with Crippen LogP contribution in [0.3, 0.4) is 0 Å². The lowest BCUT2D eigenvalue weighted by molar-refractivity contribution is 0.552. The van der Waals surface area contributed by atoms with Gasteiger partial charge in [-0.1, -0.05) is 31.5 Å². The monoisotopic (exact) mass is 303 g/mol. The minimum absolute atomic E-state index is 0.657. The molecule has 0 atom stereocenters. The van der Waals surface area contributed by atoms with Gasteiger partial charge >= 0.3 is 0 Å². The molecule has 21 heavy (non-hydrogen) atoms. The van der Waals surface area contributed by atoms with E-state index in [0.29, 0.717) is 11.8 Å². The second kappa shape index (κ2) is 6.20. The average molecular weight is 304 g/mol. The van der Waals surface area contributed by atoms with Gasteiger partial charge in [0, 0.05) is 18.7 Å². The number of rotatable bonds is 6. The average Bonchev–Trinajstić information content (AvgIpc) is 3.17. The van der Waals surface area contributed by atoms with E-state index in [-0.39, 0.29) is 0 Å². The zero-order valence-corrected chi connectivity index (χ0v) is 13.4. The van der Waals surface area contributed by atoms with Crippen LogP contribution < -0.4 is 5.32 Å². The van der Waals surface area contributed by atoms with Gasteiger partial charge in [0.05, 0.1) is 16.4 Å². The van der Waals surface area contributed by atoms with E-state index in [1.807, 2.05) is 16.9 Å². The summed E-state index contributed by atoms with van der Waals surface area (Å²) in [6.45, 7) is 6.28. The predicted octanol–water partition coefficient (Wildman–Crippen LogP) is 4.15. The van der Waals surface area contributed by atoms with Gasteiger partial charge in [-0.05, 0) is 49.1 Å². The lowest BCUT2D eigenvalue weighted by atomic mass is 10.2. The Hall–Kier alpha value is -1.32. The van der Waals surface area contributed by atoms with Gasteiger partial charge in [-0.3, -0.25) is 0 Å². The Morgan fingerprint density at radius 2 is 2.14 bits per heavy atom. The van der Waals surface area contributed by atoms with E-state index in [9.17, 15) is 0 Å². The number of benzene rings is 1. The Labute approximate surface area is 131 Å². The van der Waals surface area contributed by atoms with Crippen molar-refractivity contribution in [2.45, 2.75) is 39.2 Å². The highest BCUT2D eigenvalue weighted by Gasteiger charge is 2.26. The molecule has 0 radical (unpaired) electrons. The first kappa shape index (κ1) is 14.6. The predicted molar refractivity (Wildman–Crippen MR) is 87.1 cm³/mol. The Kier molecular flexibility index (Phi) is 4.32. The standard InChI is InChI=1S/C17H22ClN3/c1-12(2)10-19-11-13-3-6-17(15(18)9-13)21-8-7-16(20-21)14-4-5-14/h3,6-9,12,14,19H,4-5,10-11H2,1-2H3. The fourth-order valence-electron chi connectivity index (χ4n) is 2.42. The van der Waals surface area contributed by atoms with Gasteiger partial charge < -0.3 is 5.32 Å². The van der Waals surface area contributed by atoms with Crippen molar-refractivity contribution < 1.29 is 0 Å². The van der Waals surface area contributed by atoms with Gasteiger partial charge in [0.2, 0.25) is 0 Å². The lowest BCUT2D eigenvalue weighted by Gasteiger charge is -2.10. The summed E-state index contributed by atoms with van der Waals surface area (Å²) < 4.78 is 1.89. The van der Waals surface area contributed by atoms with Crippen LogP contribution in [0.5, 0.6) is 0 Å². The molecule has 0 bridgehead atoms. The Balaban J connectivity index is 1.70. The Morgan fingerprint density at radius 3 is 2.81 bits per heavy atom. The summed E-state index contributed by atoms with van der Waals surface area (Å²) in [5, 5.41) is 8.82. The van der Waals surface area contributed by atoms with Gasteiger partial charge in [0.1, 0.15) is 0 Å². The molecular formula is C17H22ClN3. The molecule has 0 saturated heterocycles. The van der Waals surface area contributed by atoms with Crippen LogP contribution in [0.4, 0.5) is 0 Å². The van der Waals surface area contributed by atoms with E-state index in [2.05, 4.69) is 42.5 Å². The van der Waals surface area contributed by atoms with E-state index in [4.69, 9.17) is 11.6 Å². The minimum atomic E-state index is 0.657. The van der Waals surface area contributed by atoms with Gasteiger partial charge in [0.15, 0.2) is 0 Å². The van der Waals surface area contributed by atoms with Gasteiger partial charge in [-0.25, -0.2) is 4.68 Å². The molecule has 0 unspecified atom stereocenters. The molecule has 1 fully saturated rings. The van der Waals surface area contributed by atoms with Crippen molar-refractivity contribution in [2.75, 3.05) is 6.54 Å². The topological polar surface area (TPSA) is 29.9 Å². The summed E-state index contributed by atoms with van der Waals surface area (Å²) in [7, 11) is 0. The van der Waals surface area contributed by atoms with E-state index >= 15 is 0 Å². The molecule has 1 heterocycles. The second-order valence-corrected chi connectivity index (χ2v) is 6.68. The molecule has 3 rings (SSSR count). The summed E-state index contributed by atoms with van der Waals surface area (Å²) in [4.78, 5) is 0. The molecule has 4 heteroatoms. The largest absolute Gasteiger partial charge is 0.312 e. The van der Waals surface area contributed by atoms with Crippen molar-refractivity contribution in [2.24, 2.45) is 5.92 Å². The quantitative estimate of drug-likeness (QED) is 0.869. The fraction of sp³-hybridized carbons (Fsp3) is 0.471. The van der Waals surface area contributed by atoms with Crippen LogP contribution in [0.2, 0.25) is 5.02 Å².